The van der Waals surface area contributed by atoms with Gasteiger partial charge in [0.25, 0.3) is 0 Å². The molecule has 0 amide bonds. The van der Waals surface area contributed by atoms with E-state index in [1.807, 2.05) is 30.3 Å². The molecule has 1 aromatic carbocycles. The number of ether oxygens (including phenoxy) is 1. The molecule has 18 heavy (non-hydrogen) atoms. The molecule has 0 radical (unpaired) electrons. The summed E-state index contributed by atoms with van der Waals surface area (Å²) < 4.78 is 5.67. The molecule has 0 heterocycles. The normalized spacial score (nSPS) is 12.4. The van der Waals surface area contributed by atoms with Crippen LogP contribution in [0.25, 0.3) is 0 Å². The van der Waals surface area contributed by atoms with E-state index in [1.54, 1.807) is 0 Å². The van der Waals surface area contributed by atoms with E-state index in [4.69, 9.17) is 22.7 Å². The molecule has 1 atom stereocenters. The standard InChI is InChI=1S/C14H22N2OS/c1-3-16(11-12(2)14(15)18)9-10-17-13-7-5-4-6-8-13/h4-8,12H,3,9-11H2,1-2H3,(H2,15,18). The van der Waals surface area contributed by atoms with Crippen molar-refractivity contribution in [1.82, 2.24) is 4.90 Å². The summed E-state index contributed by atoms with van der Waals surface area (Å²) in [6.07, 6.45) is 0. The van der Waals surface area contributed by atoms with Crippen molar-refractivity contribution < 1.29 is 4.74 Å². The first kappa shape index (κ1) is 14.9. The first-order valence-electron chi connectivity index (χ1n) is 6.33. The lowest BCUT2D eigenvalue weighted by atomic mass is 10.1. The predicted molar refractivity (Wildman–Crippen MR) is 80.0 cm³/mol. The van der Waals surface area contributed by atoms with Crippen LogP contribution < -0.4 is 10.5 Å². The number of hydrogen-bond acceptors (Lipinski definition) is 3. The molecule has 0 saturated heterocycles. The average molecular weight is 266 g/mol. The van der Waals surface area contributed by atoms with Crippen LogP contribution in [0.1, 0.15) is 13.8 Å². The van der Waals surface area contributed by atoms with Crippen molar-refractivity contribution in [2.24, 2.45) is 11.7 Å². The van der Waals surface area contributed by atoms with E-state index in [-0.39, 0.29) is 5.92 Å². The number of thiocarbonyl (C=S) groups is 1. The second-order valence-corrected chi connectivity index (χ2v) is 4.83. The lowest BCUT2D eigenvalue weighted by Crippen LogP contribution is -2.36. The van der Waals surface area contributed by atoms with E-state index in [0.29, 0.717) is 11.6 Å². The highest BCUT2D eigenvalue weighted by molar-refractivity contribution is 7.80. The highest BCUT2D eigenvalue weighted by Gasteiger charge is 2.10. The number of rotatable bonds is 8. The van der Waals surface area contributed by atoms with Crippen molar-refractivity contribution in [3.05, 3.63) is 30.3 Å². The van der Waals surface area contributed by atoms with Crippen molar-refractivity contribution in [2.75, 3.05) is 26.2 Å². The molecule has 1 unspecified atom stereocenters. The van der Waals surface area contributed by atoms with Gasteiger partial charge in [-0.3, -0.25) is 4.90 Å². The molecule has 2 N–H and O–H groups in total. The Morgan fingerprint density at radius 3 is 2.61 bits per heavy atom. The van der Waals surface area contributed by atoms with E-state index in [0.717, 1.165) is 25.4 Å². The lowest BCUT2D eigenvalue weighted by molar-refractivity contribution is 0.208. The Labute approximate surface area is 115 Å². The minimum Gasteiger partial charge on any atom is -0.492 e. The topological polar surface area (TPSA) is 38.5 Å². The second kappa shape index (κ2) is 8.06. The minimum absolute atomic E-state index is 0.247. The first-order valence-corrected chi connectivity index (χ1v) is 6.73. The van der Waals surface area contributed by atoms with Crippen molar-refractivity contribution in [3.8, 4) is 5.75 Å². The van der Waals surface area contributed by atoms with Gasteiger partial charge in [-0.15, -0.1) is 0 Å². The van der Waals surface area contributed by atoms with E-state index < -0.39 is 0 Å². The van der Waals surface area contributed by atoms with Gasteiger partial charge in [-0.25, -0.2) is 0 Å². The molecule has 0 fully saturated rings. The SMILES string of the molecule is CCN(CCOc1ccccc1)CC(C)C(N)=S. The summed E-state index contributed by atoms with van der Waals surface area (Å²) in [4.78, 5) is 2.88. The van der Waals surface area contributed by atoms with Crippen LogP contribution in [0, 0.1) is 5.92 Å². The quantitative estimate of drug-likeness (QED) is 0.733. The average Bonchev–Trinajstić information content (AvgIpc) is 2.38. The molecule has 0 aliphatic heterocycles. The largest absolute Gasteiger partial charge is 0.492 e. The van der Waals surface area contributed by atoms with Crippen molar-refractivity contribution >= 4 is 17.2 Å². The van der Waals surface area contributed by atoms with Gasteiger partial charge >= 0.3 is 0 Å². The Bertz CT molecular complexity index is 356. The van der Waals surface area contributed by atoms with Crippen molar-refractivity contribution in [3.63, 3.8) is 0 Å². The number of nitrogens with two attached hydrogens (primary N) is 1. The van der Waals surface area contributed by atoms with Gasteiger partial charge in [-0.2, -0.15) is 0 Å². The number of likely N-dealkylation sites (N-methyl/N-ethyl adjacent to an activating group) is 1. The predicted octanol–water partition coefficient (Wildman–Crippen LogP) is 2.31. The van der Waals surface area contributed by atoms with Crippen molar-refractivity contribution in [2.45, 2.75) is 13.8 Å². The van der Waals surface area contributed by atoms with Crippen LogP contribution in [0.2, 0.25) is 0 Å². The molecule has 0 aromatic heterocycles. The Morgan fingerprint density at radius 1 is 1.39 bits per heavy atom. The zero-order valence-corrected chi connectivity index (χ0v) is 12.0. The highest BCUT2D eigenvalue weighted by atomic mass is 32.1. The van der Waals surface area contributed by atoms with Crippen LogP contribution in [0.5, 0.6) is 5.75 Å². The minimum atomic E-state index is 0.247. The van der Waals surface area contributed by atoms with Gasteiger partial charge in [0.05, 0.1) is 4.99 Å². The summed E-state index contributed by atoms with van der Waals surface area (Å²) in [5, 5.41) is 0. The van der Waals surface area contributed by atoms with Crippen LogP contribution in [-0.4, -0.2) is 36.1 Å². The monoisotopic (exact) mass is 266 g/mol. The summed E-state index contributed by atoms with van der Waals surface area (Å²) >= 11 is 4.99. The molecule has 0 spiro atoms. The fourth-order valence-corrected chi connectivity index (χ4v) is 1.74. The third-order valence-corrected chi connectivity index (χ3v) is 3.29. The number of hydrogen-bond donors (Lipinski definition) is 1. The second-order valence-electron chi connectivity index (χ2n) is 4.36. The van der Waals surface area contributed by atoms with E-state index in [9.17, 15) is 0 Å². The summed E-state index contributed by atoms with van der Waals surface area (Å²) in [5.41, 5.74) is 5.63. The summed E-state index contributed by atoms with van der Waals surface area (Å²) in [6, 6.07) is 9.86. The van der Waals surface area contributed by atoms with Crippen molar-refractivity contribution in [1.29, 1.82) is 0 Å². The molecule has 3 nitrogen and oxygen atoms in total. The molecule has 100 valence electrons. The van der Waals surface area contributed by atoms with Crippen LogP contribution in [0.3, 0.4) is 0 Å². The Balaban J connectivity index is 2.29. The van der Waals surface area contributed by atoms with E-state index in [2.05, 4.69) is 18.7 Å². The van der Waals surface area contributed by atoms with Gasteiger partial charge < -0.3 is 10.5 Å². The van der Waals surface area contributed by atoms with Gasteiger partial charge in [-0.05, 0) is 18.7 Å². The van der Waals surface area contributed by atoms with E-state index >= 15 is 0 Å². The lowest BCUT2D eigenvalue weighted by Gasteiger charge is -2.23. The van der Waals surface area contributed by atoms with E-state index in [1.165, 1.54) is 0 Å². The van der Waals surface area contributed by atoms with Crippen LogP contribution in [0.15, 0.2) is 30.3 Å². The Kier molecular flexibility index (Phi) is 6.68. The van der Waals surface area contributed by atoms with Crippen LogP contribution in [-0.2, 0) is 0 Å². The van der Waals surface area contributed by atoms with Gasteiger partial charge in [0, 0.05) is 19.0 Å². The summed E-state index contributed by atoms with van der Waals surface area (Å²) in [6.45, 7) is 7.63. The smallest absolute Gasteiger partial charge is 0.119 e. The molecule has 4 heteroatoms. The highest BCUT2D eigenvalue weighted by Crippen LogP contribution is 2.08. The molecule has 1 rings (SSSR count). The van der Waals surface area contributed by atoms with Gasteiger partial charge in [0.15, 0.2) is 0 Å². The number of benzene rings is 1. The van der Waals surface area contributed by atoms with Crippen LogP contribution in [0.4, 0.5) is 0 Å². The first-order chi connectivity index (χ1) is 8.63. The maximum absolute atomic E-state index is 5.67. The van der Waals surface area contributed by atoms with Gasteiger partial charge in [-0.1, -0.05) is 44.3 Å². The molecular formula is C14H22N2OS. The third-order valence-electron chi connectivity index (χ3n) is 2.88. The third kappa shape index (κ3) is 5.47. The molecule has 0 saturated carbocycles. The molecular weight excluding hydrogens is 244 g/mol. The zero-order chi connectivity index (χ0) is 13.4. The molecule has 1 aromatic rings. The maximum Gasteiger partial charge on any atom is 0.119 e. The van der Waals surface area contributed by atoms with Gasteiger partial charge in [0.1, 0.15) is 12.4 Å². The van der Waals surface area contributed by atoms with Gasteiger partial charge in [0.2, 0.25) is 0 Å². The molecule has 0 bridgehead atoms. The maximum atomic E-state index is 5.67. The number of nitrogens with zero attached hydrogens (tertiary/aromatic N) is 1. The number of para-hydroxylation sites is 1. The fourth-order valence-electron chi connectivity index (χ4n) is 1.67. The fraction of sp³-hybridized carbons (Fsp3) is 0.500. The molecule has 0 aliphatic carbocycles. The summed E-state index contributed by atoms with van der Waals surface area (Å²) in [7, 11) is 0. The zero-order valence-electron chi connectivity index (χ0n) is 11.1. The van der Waals surface area contributed by atoms with Crippen LogP contribution >= 0.6 is 12.2 Å². The Morgan fingerprint density at radius 2 is 2.06 bits per heavy atom. The summed E-state index contributed by atoms with van der Waals surface area (Å²) in [5.74, 6) is 1.16. The Hall–Kier alpha value is -1.13. The molecule has 0 aliphatic rings.